The van der Waals surface area contributed by atoms with Gasteiger partial charge in [0.25, 0.3) is 0 Å². The highest BCUT2D eigenvalue weighted by molar-refractivity contribution is 6.09. The standard InChI is InChI=1S/C29H42O3/c1-2-3-4-5-6-7-8-9-10-11-12-13-14-15-16-20-28(30)27-19-17-18-24-23-25(29(31)32)21-22-26(24)27/h17-19,21-23H,2-16,20H2,1H3,(H,31,32). The van der Waals surface area contributed by atoms with Crippen LogP contribution in [0.4, 0.5) is 0 Å². The van der Waals surface area contributed by atoms with Gasteiger partial charge in [-0.2, -0.15) is 0 Å². The summed E-state index contributed by atoms with van der Waals surface area (Å²) in [6.45, 7) is 2.27. The average Bonchev–Trinajstić information content (AvgIpc) is 2.80. The molecule has 176 valence electrons. The summed E-state index contributed by atoms with van der Waals surface area (Å²) in [6, 6.07) is 10.5. The van der Waals surface area contributed by atoms with E-state index >= 15 is 0 Å². The van der Waals surface area contributed by atoms with Crippen LogP contribution < -0.4 is 0 Å². The Bertz CT molecular complexity index is 824. The molecular formula is C29H42O3. The van der Waals surface area contributed by atoms with Crippen molar-refractivity contribution in [2.45, 2.75) is 110 Å². The zero-order valence-electron chi connectivity index (χ0n) is 20.0. The first-order valence-electron chi connectivity index (χ1n) is 12.9. The predicted molar refractivity (Wildman–Crippen MR) is 135 cm³/mol. The number of carboxylic acids is 1. The summed E-state index contributed by atoms with van der Waals surface area (Å²) in [5.41, 5.74) is 0.967. The Kier molecular flexibility index (Phi) is 12.7. The topological polar surface area (TPSA) is 54.4 Å². The van der Waals surface area contributed by atoms with E-state index in [1.54, 1.807) is 18.2 Å². The van der Waals surface area contributed by atoms with Crippen LogP contribution in [0.3, 0.4) is 0 Å². The lowest BCUT2D eigenvalue weighted by molar-refractivity contribution is 0.0697. The monoisotopic (exact) mass is 438 g/mol. The quantitative estimate of drug-likeness (QED) is 0.187. The summed E-state index contributed by atoms with van der Waals surface area (Å²) < 4.78 is 0. The number of fused-ring (bicyclic) bond motifs is 1. The molecule has 0 aromatic heterocycles. The molecule has 3 nitrogen and oxygen atoms in total. The first-order valence-corrected chi connectivity index (χ1v) is 12.9. The average molecular weight is 439 g/mol. The molecule has 0 unspecified atom stereocenters. The fourth-order valence-electron chi connectivity index (χ4n) is 4.45. The van der Waals surface area contributed by atoms with Crippen LogP contribution in [0.2, 0.25) is 0 Å². The minimum Gasteiger partial charge on any atom is -0.478 e. The minimum atomic E-state index is -0.943. The number of aromatic carboxylic acids is 1. The van der Waals surface area contributed by atoms with Crippen molar-refractivity contribution in [2.24, 2.45) is 0 Å². The van der Waals surface area contributed by atoms with Crippen molar-refractivity contribution in [3.63, 3.8) is 0 Å². The van der Waals surface area contributed by atoms with Crippen LogP contribution in [0.5, 0.6) is 0 Å². The molecule has 0 atom stereocenters. The molecule has 0 radical (unpaired) electrons. The van der Waals surface area contributed by atoms with E-state index in [0.29, 0.717) is 12.0 Å². The molecule has 0 saturated heterocycles. The third-order valence-electron chi connectivity index (χ3n) is 6.44. The Labute approximate surface area is 194 Å². The van der Waals surface area contributed by atoms with Gasteiger partial charge in [0.15, 0.2) is 5.78 Å². The number of ketones is 1. The number of carbonyl (C=O) groups excluding carboxylic acids is 1. The van der Waals surface area contributed by atoms with Gasteiger partial charge in [0.1, 0.15) is 0 Å². The van der Waals surface area contributed by atoms with Gasteiger partial charge < -0.3 is 5.11 Å². The third-order valence-corrected chi connectivity index (χ3v) is 6.44. The molecule has 2 aromatic rings. The van der Waals surface area contributed by atoms with Gasteiger partial charge in [0.05, 0.1) is 5.56 Å². The van der Waals surface area contributed by atoms with Crippen molar-refractivity contribution in [2.75, 3.05) is 0 Å². The number of hydrogen-bond acceptors (Lipinski definition) is 2. The minimum absolute atomic E-state index is 0.161. The van der Waals surface area contributed by atoms with E-state index in [9.17, 15) is 9.59 Å². The molecule has 0 fully saturated rings. The molecule has 0 aliphatic heterocycles. The largest absolute Gasteiger partial charge is 0.478 e. The molecule has 0 amide bonds. The summed E-state index contributed by atoms with van der Waals surface area (Å²) in [4.78, 5) is 23.9. The van der Waals surface area contributed by atoms with Gasteiger partial charge in [-0.05, 0) is 29.3 Å². The van der Waals surface area contributed by atoms with Crippen LogP contribution in [0, 0.1) is 0 Å². The Morgan fingerprint density at radius 3 is 1.75 bits per heavy atom. The van der Waals surface area contributed by atoms with Gasteiger partial charge in [-0.1, -0.05) is 121 Å². The van der Waals surface area contributed by atoms with Crippen molar-refractivity contribution in [1.29, 1.82) is 0 Å². The summed E-state index contributed by atoms with van der Waals surface area (Å²) in [6.07, 6.45) is 20.3. The van der Waals surface area contributed by atoms with E-state index < -0.39 is 5.97 Å². The van der Waals surface area contributed by atoms with Crippen molar-refractivity contribution in [3.05, 3.63) is 47.5 Å². The molecule has 0 saturated carbocycles. The normalized spacial score (nSPS) is 11.2. The fourth-order valence-corrected chi connectivity index (χ4v) is 4.45. The predicted octanol–water partition coefficient (Wildman–Crippen LogP) is 8.98. The lowest BCUT2D eigenvalue weighted by atomic mass is 9.96. The van der Waals surface area contributed by atoms with Crippen molar-refractivity contribution >= 4 is 22.5 Å². The summed E-state index contributed by atoms with van der Waals surface area (Å²) in [7, 11) is 0. The highest BCUT2D eigenvalue weighted by atomic mass is 16.4. The fraction of sp³-hybridized carbons (Fsp3) is 0.586. The second-order valence-corrected chi connectivity index (χ2v) is 9.17. The highest BCUT2D eigenvalue weighted by Gasteiger charge is 2.11. The Balaban J connectivity index is 1.54. The molecule has 32 heavy (non-hydrogen) atoms. The highest BCUT2D eigenvalue weighted by Crippen LogP contribution is 2.23. The molecule has 0 aliphatic rings. The number of benzene rings is 2. The lowest BCUT2D eigenvalue weighted by Crippen LogP contribution is -2.01. The van der Waals surface area contributed by atoms with E-state index in [0.717, 1.165) is 23.6 Å². The summed E-state index contributed by atoms with van der Waals surface area (Å²) in [5, 5.41) is 10.8. The number of unbranched alkanes of at least 4 members (excludes halogenated alkanes) is 14. The van der Waals surface area contributed by atoms with E-state index in [-0.39, 0.29) is 11.3 Å². The van der Waals surface area contributed by atoms with E-state index in [1.807, 2.05) is 18.2 Å². The Morgan fingerprint density at radius 2 is 1.22 bits per heavy atom. The second-order valence-electron chi connectivity index (χ2n) is 9.17. The van der Waals surface area contributed by atoms with Gasteiger partial charge in [-0.25, -0.2) is 4.79 Å². The van der Waals surface area contributed by atoms with Gasteiger partial charge in [0.2, 0.25) is 0 Å². The van der Waals surface area contributed by atoms with Crippen LogP contribution >= 0.6 is 0 Å². The van der Waals surface area contributed by atoms with Crippen molar-refractivity contribution < 1.29 is 14.7 Å². The molecular weight excluding hydrogens is 396 g/mol. The molecule has 0 aliphatic carbocycles. The first kappa shape index (κ1) is 26.1. The zero-order valence-corrected chi connectivity index (χ0v) is 20.0. The summed E-state index contributed by atoms with van der Waals surface area (Å²) >= 11 is 0. The molecule has 3 heteroatoms. The maximum absolute atomic E-state index is 12.7. The molecule has 1 N–H and O–H groups in total. The van der Waals surface area contributed by atoms with Gasteiger partial charge in [-0.3, -0.25) is 4.79 Å². The van der Waals surface area contributed by atoms with Crippen LogP contribution in [0.15, 0.2) is 36.4 Å². The van der Waals surface area contributed by atoms with E-state index in [2.05, 4.69) is 6.92 Å². The van der Waals surface area contributed by atoms with Crippen LogP contribution in [-0.4, -0.2) is 16.9 Å². The van der Waals surface area contributed by atoms with Crippen LogP contribution in [0.25, 0.3) is 10.8 Å². The second kappa shape index (κ2) is 15.6. The number of hydrogen-bond donors (Lipinski definition) is 1. The lowest BCUT2D eigenvalue weighted by Gasteiger charge is -2.07. The number of rotatable bonds is 18. The SMILES string of the molecule is CCCCCCCCCCCCCCCCCC(=O)c1cccc2cc(C(=O)O)ccc12. The number of carboxylic acid groups (broad SMARTS) is 1. The first-order chi connectivity index (χ1) is 15.6. The van der Waals surface area contributed by atoms with Gasteiger partial charge >= 0.3 is 5.97 Å². The van der Waals surface area contributed by atoms with Gasteiger partial charge in [-0.15, -0.1) is 0 Å². The maximum atomic E-state index is 12.7. The van der Waals surface area contributed by atoms with Crippen molar-refractivity contribution in [3.8, 4) is 0 Å². The summed E-state index contributed by atoms with van der Waals surface area (Å²) in [5.74, 6) is -0.783. The molecule has 0 heterocycles. The molecule has 0 bridgehead atoms. The van der Waals surface area contributed by atoms with Crippen LogP contribution in [0.1, 0.15) is 130 Å². The molecule has 2 rings (SSSR count). The number of Topliss-reactive ketones (excluding diaryl/α,β-unsaturated/α-hetero) is 1. The zero-order chi connectivity index (χ0) is 23.0. The Morgan fingerprint density at radius 1 is 0.688 bits per heavy atom. The van der Waals surface area contributed by atoms with E-state index in [4.69, 9.17) is 5.11 Å². The van der Waals surface area contributed by atoms with E-state index in [1.165, 1.54) is 83.5 Å². The van der Waals surface area contributed by atoms with Crippen LogP contribution in [-0.2, 0) is 0 Å². The van der Waals surface area contributed by atoms with Gasteiger partial charge in [0, 0.05) is 12.0 Å². The Hall–Kier alpha value is -2.16. The third kappa shape index (κ3) is 9.54. The number of carbonyl (C=O) groups is 2. The smallest absolute Gasteiger partial charge is 0.335 e. The maximum Gasteiger partial charge on any atom is 0.335 e. The van der Waals surface area contributed by atoms with Crippen molar-refractivity contribution in [1.82, 2.24) is 0 Å². The molecule has 0 spiro atoms. The molecule has 2 aromatic carbocycles.